The summed E-state index contributed by atoms with van der Waals surface area (Å²) in [6, 6.07) is 0.781. The van der Waals surface area contributed by atoms with Gasteiger partial charge in [0.25, 0.3) is 0 Å². The summed E-state index contributed by atoms with van der Waals surface area (Å²) in [5, 5.41) is 3.88. The molecule has 0 saturated heterocycles. The zero-order valence-corrected chi connectivity index (χ0v) is 13.2. The molecule has 2 aliphatic rings. The van der Waals surface area contributed by atoms with Crippen molar-refractivity contribution in [1.82, 2.24) is 5.32 Å². The third kappa shape index (κ3) is 4.75. The molecule has 0 aromatic heterocycles. The SMILES string of the molecule is COCCC1(CNC2CCCC(C(C)C)CC2)CC1. The average Bonchev–Trinajstić information content (AvgIpc) is 3.18. The quantitative estimate of drug-likeness (QED) is 0.704. The van der Waals surface area contributed by atoms with Crippen LogP contribution in [-0.4, -0.2) is 26.3 Å². The van der Waals surface area contributed by atoms with Crippen LogP contribution in [0.4, 0.5) is 0 Å². The monoisotopic (exact) mass is 267 g/mol. The van der Waals surface area contributed by atoms with Crippen molar-refractivity contribution in [3.63, 3.8) is 0 Å². The van der Waals surface area contributed by atoms with E-state index in [1.165, 1.54) is 57.9 Å². The van der Waals surface area contributed by atoms with Gasteiger partial charge in [-0.25, -0.2) is 0 Å². The fraction of sp³-hybridized carbons (Fsp3) is 1.00. The van der Waals surface area contributed by atoms with Gasteiger partial charge in [0.05, 0.1) is 0 Å². The van der Waals surface area contributed by atoms with Crippen molar-refractivity contribution in [2.45, 2.75) is 71.3 Å². The Morgan fingerprint density at radius 2 is 1.95 bits per heavy atom. The molecule has 1 N–H and O–H groups in total. The Bertz CT molecular complexity index is 260. The molecule has 0 bridgehead atoms. The number of hydrogen-bond acceptors (Lipinski definition) is 2. The number of nitrogens with one attached hydrogen (secondary N) is 1. The van der Waals surface area contributed by atoms with Gasteiger partial charge in [0.15, 0.2) is 0 Å². The van der Waals surface area contributed by atoms with Crippen molar-refractivity contribution >= 4 is 0 Å². The van der Waals surface area contributed by atoms with Gasteiger partial charge in [0.2, 0.25) is 0 Å². The Hall–Kier alpha value is -0.0800. The highest BCUT2D eigenvalue weighted by Gasteiger charge is 2.41. The van der Waals surface area contributed by atoms with E-state index in [4.69, 9.17) is 4.74 Å². The molecule has 2 atom stereocenters. The highest BCUT2D eigenvalue weighted by atomic mass is 16.5. The van der Waals surface area contributed by atoms with Crippen LogP contribution in [-0.2, 0) is 4.74 Å². The first-order valence-corrected chi connectivity index (χ1v) is 8.37. The molecule has 112 valence electrons. The summed E-state index contributed by atoms with van der Waals surface area (Å²) in [5.41, 5.74) is 0.597. The van der Waals surface area contributed by atoms with Gasteiger partial charge in [-0.05, 0) is 55.8 Å². The number of rotatable bonds is 7. The molecular formula is C17H33NO. The van der Waals surface area contributed by atoms with Crippen LogP contribution in [0.3, 0.4) is 0 Å². The van der Waals surface area contributed by atoms with Crippen LogP contribution in [0.25, 0.3) is 0 Å². The summed E-state index contributed by atoms with van der Waals surface area (Å²) >= 11 is 0. The molecule has 2 saturated carbocycles. The Kier molecular flexibility index (Phi) is 5.70. The van der Waals surface area contributed by atoms with Crippen LogP contribution in [0.15, 0.2) is 0 Å². The van der Waals surface area contributed by atoms with Crippen LogP contribution in [0, 0.1) is 17.3 Å². The largest absolute Gasteiger partial charge is 0.385 e. The minimum absolute atomic E-state index is 0.597. The summed E-state index contributed by atoms with van der Waals surface area (Å²) in [6.45, 7) is 6.94. The molecule has 2 nitrogen and oxygen atoms in total. The lowest BCUT2D eigenvalue weighted by molar-refractivity contribution is 0.169. The maximum Gasteiger partial charge on any atom is 0.0468 e. The summed E-state index contributed by atoms with van der Waals surface area (Å²) in [6.07, 6.45) is 11.1. The fourth-order valence-electron chi connectivity index (χ4n) is 3.57. The smallest absolute Gasteiger partial charge is 0.0468 e. The maximum atomic E-state index is 5.24. The van der Waals surface area contributed by atoms with E-state index in [0.29, 0.717) is 5.41 Å². The van der Waals surface area contributed by atoms with E-state index in [9.17, 15) is 0 Å². The summed E-state index contributed by atoms with van der Waals surface area (Å²) in [5.74, 6) is 1.84. The number of methoxy groups -OCH3 is 1. The van der Waals surface area contributed by atoms with E-state index in [0.717, 1.165) is 24.5 Å². The first-order chi connectivity index (χ1) is 9.15. The van der Waals surface area contributed by atoms with Crippen molar-refractivity contribution in [2.24, 2.45) is 17.3 Å². The third-order valence-electron chi connectivity index (χ3n) is 5.52. The normalized spacial score (nSPS) is 30.3. The summed E-state index contributed by atoms with van der Waals surface area (Å²) in [7, 11) is 1.82. The van der Waals surface area contributed by atoms with Gasteiger partial charge in [-0.1, -0.05) is 26.7 Å². The minimum atomic E-state index is 0.597. The molecule has 19 heavy (non-hydrogen) atoms. The second kappa shape index (κ2) is 7.08. The molecule has 2 rings (SSSR count). The molecular weight excluding hydrogens is 234 g/mol. The topological polar surface area (TPSA) is 21.3 Å². The molecule has 0 spiro atoms. The van der Waals surface area contributed by atoms with Crippen molar-refractivity contribution in [2.75, 3.05) is 20.3 Å². The lowest BCUT2D eigenvalue weighted by atomic mass is 9.89. The Morgan fingerprint density at radius 1 is 1.16 bits per heavy atom. The van der Waals surface area contributed by atoms with E-state index in [1.807, 2.05) is 7.11 Å². The van der Waals surface area contributed by atoms with E-state index in [-0.39, 0.29) is 0 Å². The van der Waals surface area contributed by atoms with Gasteiger partial charge in [-0.15, -0.1) is 0 Å². The van der Waals surface area contributed by atoms with Crippen LogP contribution in [0.1, 0.15) is 65.2 Å². The van der Waals surface area contributed by atoms with Crippen molar-refractivity contribution in [1.29, 1.82) is 0 Å². The average molecular weight is 267 g/mol. The zero-order valence-electron chi connectivity index (χ0n) is 13.2. The lowest BCUT2D eigenvalue weighted by Gasteiger charge is -2.22. The Labute approximate surface area is 119 Å². The molecule has 0 aliphatic heterocycles. The first-order valence-electron chi connectivity index (χ1n) is 8.37. The van der Waals surface area contributed by atoms with Gasteiger partial charge in [0, 0.05) is 26.3 Å². The van der Waals surface area contributed by atoms with E-state index < -0.39 is 0 Å². The van der Waals surface area contributed by atoms with Crippen LogP contribution < -0.4 is 5.32 Å². The molecule has 2 heteroatoms. The molecule has 2 aliphatic carbocycles. The molecule has 0 heterocycles. The molecule has 2 unspecified atom stereocenters. The molecule has 0 amide bonds. The van der Waals surface area contributed by atoms with Gasteiger partial charge >= 0.3 is 0 Å². The predicted molar refractivity (Wildman–Crippen MR) is 81.4 cm³/mol. The highest BCUT2D eigenvalue weighted by molar-refractivity contribution is 4.95. The van der Waals surface area contributed by atoms with Gasteiger partial charge in [-0.2, -0.15) is 0 Å². The first kappa shape index (κ1) is 15.3. The van der Waals surface area contributed by atoms with Crippen molar-refractivity contribution in [3.05, 3.63) is 0 Å². The van der Waals surface area contributed by atoms with E-state index in [2.05, 4.69) is 19.2 Å². The molecule has 0 radical (unpaired) electrons. The highest BCUT2D eigenvalue weighted by Crippen LogP contribution is 2.48. The van der Waals surface area contributed by atoms with Gasteiger partial charge in [-0.3, -0.25) is 0 Å². The molecule has 0 aromatic carbocycles. The third-order valence-corrected chi connectivity index (χ3v) is 5.52. The molecule has 0 aromatic rings. The zero-order chi connectivity index (χ0) is 13.7. The van der Waals surface area contributed by atoms with Crippen LogP contribution >= 0.6 is 0 Å². The number of hydrogen-bond donors (Lipinski definition) is 1. The molecule has 2 fully saturated rings. The van der Waals surface area contributed by atoms with Gasteiger partial charge < -0.3 is 10.1 Å². The van der Waals surface area contributed by atoms with Gasteiger partial charge in [0.1, 0.15) is 0 Å². The van der Waals surface area contributed by atoms with Crippen LogP contribution in [0.2, 0.25) is 0 Å². The predicted octanol–water partition coefficient (Wildman–Crippen LogP) is 4.00. The Balaban J connectivity index is 1.69. The maximum absolute atomic E-state index is 5.24. The lowest BCUT2D eigenvalue weighted by Crippen LogP contribution is -2.34. The second-order valence-corrected chi connectivity index (χ2v) is 7.33. The second-order valence-electron chi connectivity index (χ2n) is 7.33. The van der Waals surface area contributed by atoms with Crippen molar-refractivity contribution in [3.8, 4) is 0 Å². The fourth-order valence-corrected chi connectivity index (χ4v) is 3.57. The Morgan fingerprint density at radius 3 is 2.58 bits per heavy atom. The minimum Gasteiger partial charge on any atom is -0.385 e. The van der Waals surface area contributed by atoms with E-state index >= 15 is 0 Å². The summed E-state index contributed by atoms with van der Waals surface area (Å²) < 4.78 is 5.24. The standard InChI is InChI=1S/C17H33NO/c1-14(2)15-5-4-6-16(8-7-15)18-13-17(9-10-17)11-12-19-3/h14-16,18H,4-13H2,1-3H3. The van der Waals surface area contributed by atoms with Crippen LogP contribution in [0.5, 0.6) is 0 Å². The summed E-state index contributed by atoms with van der Waals surface area (Å²) in [4.78, 5) is 0. The van der Waals surface area contributed by atoms with E-state index in [1.54, 1.807) is 0 Å². The number of ether oxygens (including phenoxy) is 1. The van der Waals surface area contributed by atoms with Crippen molar-refractivity contribution < 1.29 is 4.74 Å².